The predicted molar refractivity (Wildman–Crippen MR) is 96.9 cm³/mol. The topological polar surface area (TPSA) is 76.9 Å². The van der Waals surface area contributed by atoms with Gasteiger partial charge < -0.3 is 4.57 Å². The lowest BCUT2D eigenvalue weighted by molar-refractivity contribution is -0.141. The summed E-state index contributed by atoms with van der Waals surface area (Å²) in [7, 11) is -0.557. The minimum atomic E-state index is -4.50. The molecule has 0 spiro atoms. The quantitative estimate of drug-likeness (QED) is 0.702. The SMILES string of the molecule is CNS(=O)(=O)c1ccc(Cc2ccc(C(F)(F)F)nc2)c(-c2cn(C)cn2)c1. The van der Waals surface area contributed by atoms with Crippen LogP contribution in [0.3, 0.4) is 0 Å². The van der Waals surface area contributed by atoms with Crippen molar-refractivity contribution in [3.8, 4) is 11.3 Å². The van der Waals surface area contributed by atoms with Crippen LogP contribution in [0.4, 0.5) is 13.2 Å². The van der Waals surface area contributed by atoms with Gasteiger partial charge in [0.2, 0.25) is 10.0 Å². The van der Waals surface area contributed by atoms with Gasteiger partial charge in [-0.05, 0) is 42.8 Å². The zero-order chi connectivity index (χ0) is 20.5. The number of aromatic nitrogens is 3. The first kappa shape index (κ1) is 20.0. The molecule has 0 amide bonds. The maximum absolute atomic E-state index is 12.7. The van der Waals surface area contributed by atoms with E-state index in [-0.39, 0.29) is 11.3 Å². The van der Waals surface area contributed by atoms with E-state index in [4.69, 9.17) is 0 Å². The van der Waals surface area contributed by atoms with Crippen LogP contribution in [0.5, 0.6) is 0 Å². The molecule has 0 aliphatic rings. The molecule has 1 N–H and O–H groups in total. The van der Waals surface area contributed by atoms with E-state index >= 15 is 0 Å². The molecule has 0 saturated carbocycles. The molecule has 0 radical (unpaired) electrons. The average molecular weight is 410 g/mol. The van der Waals surface area contributed by atoms with Gasteiger partial charge >= 0.3 is 6.18 Å². The van der Waals surface area contributed by atoms with Gasteiger partial charge in [-0.2, -0.15) is 13.2 Å². The third kappa shape index (κ3) is 4.23. The van der Waals surface area contributed by atoms with Crippen molar-refractivity contribution >= 4 is 10.0 Å². The Kier molecular flexibility index (Phi) is 5.26. The van der Waals surface area contributed by atoms with Gasteiger partial charge in [0.25, 0.3) is 0 Å². The molecule has 0 aliphatic heterocycles. The van der Waals surface area contributed by atoms with Gasteiger partial charge in [-0.25, -0.2) is 18.1 Å². The Morgan fingerprint density at radius 2 is 1.89 bits per heavy atom. The van der Waals surface area contributed by atoms with E-state index in [9.17, 15) is 21.6 Å². The van der Waals surface area contributed by atoms with E-state index in [1.165, 1.54) is 31.4 Å². The first-order valence-corrected chi connectivity index (χ1v) is 9.65. The number of imidazole rings is 1. The maximum atomic E-state index is 12.7. The van der Waals surface area contributed by atoms with Crippen molar-refractivity contribution in [3.05, 3.63) is 65.9 Å². The van der Waals surface area contributed by atoms with E-state index < -0.39 is 21.9 Å². The van der Waals surface area contributed by atoms with Gasteiger partial charge in [0.1, 0.15) is 5.69 Å². The second kappa shape index (κ2) is 7.36. The molecule has 148 valence electrons. The normalized spacial score (nSPS) is 12.3. The van der Waals surface area contributed by atoms with Gasteiger partial charge in [-0.15, -0.1) is 0 Å². The summed E-state index contributed by atoms with van der Waals surface area (Å²) >= 11 is 0. The number of halogens is 3. The number of sulfonamides is 1. The van der Waals surface area contributed by atoms with Crippen LogP contribution in [0.2, 0.25) is 0 Å². The number of hydrogen-bond donors (Lipinski definition) is 1. The predicted octanol–water partition coefficient (Wildman–Crippen LogP) is 3.00. The molecule has 0 aliphatic carbocycles. The van der Waals surface area contributed by atoms with Gasteiger partial charge in [-0.3, -0.25) is 4.98 Å². The monoisotopic (exact) mass is 410 g/mol. The molecular formula is C18H17F3N4O2S. The summed E-state index contributed by atoms with van der Waals surface area (Å²) in [6.45, 7) is 0. The summed E-state index contributed by atoms with van der Waals surface area (Å²) in [5.41, 5.74) is 1.46. The van der Waals surface area contributed by atoms with Crippen LogP contribution in [0.15, 0.2) is 53.9 Å². The van der Waals surface area contributed by atoms with Crippen molar-refractivity contribution in [1.82, 2.24) is 19.3 Å². The summed E-state index contributed by atoms with van der Waals surface area (Å²) in [6, 6.07) is 6.87. The van der Waals surface area contributed by atoms with Crippen molar-refractivity contribution in [1.29, 1.82) is 0 Å². The lowest BCUT2D eigenvalue weighted by Crippen LogP contribution is -2.18. The number of benzene rings is 1. The fraction of sp³-hybridized carbons (Fsp3) is 0.222. The van der Waals surface area contributed by atoms with Crippen LogP contribution < -0.4 is 4.72 Å². The van der Waals surface area contributed by atoms with E-state index in [1.807, 2.05) is 0 Å². The molecule has 3 aromatic rings. The lowest BCUT2D eigenvalue weighted by atomic mass is 9.99. The summed E-state index contributed by atoms with van der Waals surface area (Å²) in [5.74, 6) is 0. The van der Waals surface area contributed by atoms with Crippen LogP contribution in [0, 0.1) is 0 Å². The minimum Gasteiger partial charge on any atom is -0.340 e. The fourth-order valence-electron chi connectivity index (χ4n) is 2.70. The molecular weight excluding hydrogens is 393 g/mol. The lowest BCUT2D eigenvalue weighted by Gasteiger charge is -2.12. The van der Waals surface area contributed by atoms with E-state index in [1.54, 1.807) is 30.2 Å². The zero-order valence-corrected chi connectivity index (χ0v) is 15.8. The van der Waals surface area contributed by atoms with Crippen LogP contribution in [-0.2, 0) is 29.7 Å². The second-order valence-electron chi connectivity index (χ2n) is 6.18. The molecule has 2 heterocycles. The smallest absolute Gasteiger partial charge is 0.340 e. The fourth-order valence-corrected chi connectivity index (χ4v) is 3.46. The summed E-state index contributed by atoms with van der Waals surface area (Å²) in [6.07, 6.45) is 0.263. The highest BCUT2D eigenvalue weighted by atomic mass is 32.2. The van der Waals surface area contributed by atoms with E-state index in [0.717, 1.165) is 11.6 Å². The van der Waals surface area contributed by atoms with Gasteiger partial charge in [0.15, 0.2) is 0 Å². The molecule has 1 aromatic carbocycles. The molecule has 6 nitrogen and oxygen atoms in total. The van der Waals surface area contributed by atoms with Gasteiger partial charge in [-0.1, -0.05) is 12.1 Å². The molecule has 10 heteroatoms. The Bertz CT molecular complexity index is 1090. The Labute approximate surface area is 160 Å². The molecule has 28 heavy (non-hydrogen) atoms. The van der Waals surface area contributed by atoms with Crippen LogP contribution in [0.25, 0.3) is 11.3 Å². The largest absolute Gasteiger partial charge is 0.433 e. The van der Waals surface area contributed by atoms with Crippen LogP contribution >= 0.6 is 0 Å². The number of nitrogens with one attached hydrogen (secondary N) is 1. The minimum absolute atomic E-state index is 0.0740. The summed E-state index contributed by atoms with van der Waals surface area (Å²) in [4.78, 5) is 7.81. The van der Waals surface area contributed by atoms with Crippen molar-refractivity contribution in [2.75, 3.05) is 7.05 Å². The standard InChI is InChI=1S/C18H17F3N4O2S/c1-22-28(26,27)14-5-4-13(15(8-14)16-10-25(2)11-24-16)7-12-3-6-17(23-9-12)18(19,20)21/h3-6,8-11,22H,7H2,1-2H3. The number of alkyl halides is 3. The average Bonchev–Trinajstić information content (AvgIpc) is 3.08. The number of aryl methyl sites for hydroxylation is 1. The summed E-state index contributed by atoms with van der Waals surface area (Å²) < 4.78 is 66.3. The van der Waals surface area contributed by atoms with E-state index in [2.05, 4.69) is 14.7 Å². The summed E-state index contributed by atoms with van der Waals surface area (Å²) in [5, 5.41) is 0. The van der Waals surface area contributed by atoms with Crippen molar-refractivity contribution in [3.63, 3.8) is 0 Å². The molecule has 3 rings (SSSR count). The molecule has 0 atom stereocenters. The van der Waals surface area contributed by atoms with Crippen molar-refractivity contribution < 1.29 is 21.6 Å². The van der Waals surface area contributed by atoms with Crippen LogP contribution in [-0.4, -0.2) is 30.0 Å². The third-order valence-electron chi connectivity index (χ3n) is 4.15. The van der Waals surface area contributed by atoms with Gasteiger partial charge in [0.05, 0.1) is 16.9 Å². The highest BCUT2D eigenvalue weighted by Crippen LogP contribution is 2.29. The van der Waals surface area contributed by atoms with Crippen molar-refractivity contribution in [2.45, 2.75) is 17.5 Å². The van der Waals surface area contributed by atoms with E-state index in [0.29, 0.717) is 16.8 Å². The molecule has 0 saturated heterocycles. The number of nitrogens with zero attached hydrogens (tertiary/aromatic N) is 3. The number of hydrogen-bond acceptors (Lipinski definition) is 4. The van der Waals surface area contributed by atoms with Gasteiger partial charge in [0, 0.05) is 25.0 Å². The first-order valence-electron chi connectivity index (χ1n) is 8.17. The maximum Gasteiger partial charge on any atom is 0.433 e. The van der Waals surface area contributed by atoms with Crippen molar-refractivity contribution in [2.24, 2.45) is 7.05 Å². The number of rotatable bonds is 5. The number of pyridine rings is 1. The Hall–Kier alpha value is -2.72. The second-order valence-corrected chi connectivity index (χ2v) is 8.06. The van der Waals surface area contributed by atoms with Crippen LogP contribution in [0.1, 0.15) is 16.8 Å². The third-order valence-corrected chi connectivity index (χ3v) is 5.56. The highest BCUT2D eigenvalue weighted by Gasteiger charge is 2.32. The molecule has 0 fully saturated rings. The Balaban J connectivity index is 2.03. The first-order chi connectivity index (χ1) is 13.1. The molecule has 2 aromatic heterocycles. The zero-order valence-electron chi connectivity index (χ0n) is 15.0. The molecule has 0 bridgehead atoms. The Morgan fingerprint density at radius 1 is 1.14 bits per heavy atom. The Morgan fingerprint density at radius 3 is 2.43 bits per heavy atom. The molecule has 0 unspecified atom stereocenters. The highest BCUT2D eigenvalue weighted by molar-refractivity contribution is 7.89.